The predicted octanol–water partition coefficient (Wildman–Crippen LogP) is 4.68. The van der Waals surface area contributed by atoms with Crippen LogP contribution in [0.5, 0.6) is 0 Å². The molecule has 0 fully saturated rings. The van der Waals surface area contributed by atoms with Crippen LogP contribution in [0.4, 0.5) is 0 Å². The zero-order valence-corrected chi connectivity index (χ0v) is 13.0. The quantitative estimate of drug-likeness (QED) is 0.534. The Balaban J connectivity index is 3.31. The van der Waals surface area contributed by atoms with Crippen molar-refractivity contribution in [1.82, 2.24) is 5.32 Å². The third-order valence-corrected chi connectivity index (χ3v) is 3.61. The minimum Gasteiger partial charge on any atom is -0.356 e. The van der Waals surface area contributed by atoms with Crippen molar-refractivity contribution in [2.45, 2.75) is 85.5 Å². The van der Waals surface area contributed by atoms with Gasteiger partial charge in [0.25, 0.3) is 0 Å². The van der Waals surface area contributed by atoms with Crippen LogP contribution in [0.15, 0.2) is 0 Å². The normalized spacial score (nSPS) is 11.6. The zero-order valence-electron chi connectivity index (χ0n) is 13.0. The number of amides is 1. The highest BCUT2D eigenvalue weighted by molar-refractivity contribution is 5.72. The van der Waals surface area contributed by atoms with E-state index in [0.717, 1.165) is 13.0 Å². The SMILES string of the molecule is CCCCC(C)(C)CCCCCCCNC(C)=O. The molecule has 0 saturated carbocycles. The van der Waals surface area contributed by atoms with Crippen LogP contribution in [0.25, 0.3) is 0 Å². The molecule has 1 amide bonds. The van der Waals surface area contributed by atoms with Crippen LogP contribution in [0.3, 0.4) is 0 Å². The lowest BCUT2D eigenvalue weighted by molar-refractivity contribution is -0.118. The molecule has 0 bridgehead atoms. The van der Waals surface area contributed by atoms with E-state index in [0.29, 0.717) is 5.41 Å². The van der Waals surface area contributed by atoms with Crippen molar-refractivity contribution in [3.05, 3.63) is 0 Å². The summed E-state index contributed by atoms with van der Waals surface area (Å²) in [7, 11) is 0. The molecule has 2 heteroatoms. The first kappa shape index (κ1) is 17.5. The van der Waals surface area contributed by atoms with E-state index in [9.17, 15) is 4.79 Å². The summed E-state index contributed by atoms with van der Waals surface area (Å²) in [6.07, 6.45) is 11.8. The molecular weight excluding hydrogens is 222 g/mol. The molecule has 2 nitrogen and oxygen atoms in total. The van der Waals surface area contributed by atoms with E-state index in [2.05, 4.69) is 26.1 Å². The Hall–Kier alpha value is -0.530. The van der Waals surface area contributed by atoms with Crippen LogP contribution in [0.2, 0.25) is 0 Å². The molecule has 0 radical (unpaired) electrons. The second-order valence-corrected chi connectivity index (χ2v) is 6.27. The molecule has 0 rings (SSSR count). The summed E-state index contributed by atoms with van der Waals surface area (Å²) >= 11 is 0. The van der Waals surface area contributed by atoms with Crippen molar-refractivity contribution in [3.63, 3.8) is 0 Å². The first-order chi connectivity index (χ1) is 8.48. The summed E-state index contributed by atoms with van der Waals surface area (Å²) in [5.41, 5.74) is 0.534. The Labute approximate surface area is 114 Å². The lowest BCUT2D eigenvalue weighted by Gasteiger charge is -2.24. The Morgan fingerprint density at radius 1 is 0.944 bits per heavy atom. The molecule has 18 heavy (non-hydrogen) atoms. The predicted molar refractivity (Wildman–Crippen MR) is 79.7 cm³/mol. The molecule has 0 aromatic heterocycles. The fraction of sp³-hybridized carbons (Fsp3) is 0.938. The van der Waals surface area contributed by atoms with Gasteiger partial charge in [0.1, 0.15) is 0 Å². The molecule has 0 aliphatic rings. The molecule has 0 aliphatic carbocycles. The maximum atomic E-state index is 10.7. The lowest BCUT2D eigenvalue weighted by Crippen LogP contribution is -2.20. The minimum atomic E-state index is 0.0904. The molecule has 0 spiro atoms. The Kier molecular flexibility index (Phi) is 10.1. The van der Waals surface area contributed by atoms with Crippen molar-refractivity contribution in [2.24, 2.45) is 5.41 Å². The van der Waals surface area contributed by atoms with Crippen molar-refractivity contribution >= 4 is 5.91 Å². The van der Waals surface area contributed by atoms with Crippen LogP contribution < -0.4 is 5.32 Å². The summed E-state index contributed by atoms with van der Waals surface area (Å²) in [4.78, 5) is 10.7. The molecule has 0 heterocycles. The van der Waals surface area contributed by atoms with Crippen LogP contribution in [0.1, 0.15) is 85.5 Å². The van der Waals surface area contributed by atoms with Gasteiger partial charge in [-0.1, -0.05) is 59.3 Å². The van der Waals surface area contributed by atoms with Gasteiger partial charge in [-0.15, -0.1) is 0 Å². The van der Waals surface area contributed by atoms with Gasteiger partial charge in [-0.3, -0.25) is 4.79 Å². The van der Waals surface area contributed by atoms with E-state index in [1.54, 1.807) is 6.92 Å². The molecule has 0 unspecified atom stereocenters. The van der Waals surface area contributed by atoms with E-state index >= 15 is 0 Å². The van der Waals surface area contributed by atoms with E-state index < -0.39 is 0 Å². The van der Waals surface area contributed by atoms with E-state index in [-0.39, 0.29) is 5.91 Å². The third-order valence-electron chi connectivity index (χ3n) is 3.61. The highest BCUT2D eigenvalue weighted by Gasteiger charge is 2.15. The molecule has 0 aromatic carbocycles. The maximum Gasteiger partial charge on any atom is 0.216 e. The minimum absolute atomic E-state index is 0.0904. The number of nitrogens with one attached hydrogen (secondary N) is 1. The van der Waals surface area contributed by atoms with Gasteiger partial charge in [-0.25, -0.2) is 0 Å². The average molecular weight is 255 g/mol. The largest absolute Gasteiger partial charge is 0.356 e. The maximum absolute atomic E-state index is 10.7. The van der Waals surface area contributed by atoms with E-state index in [4.69, 9.17) is 0 Å². The number of unbranched alkanes of at least 4 members (excludes halogenated alkanes) is 5. The number of carbonyl (C=O) groups is 1. The highest BCUT2D eigenvalue weighted by Crippen LogP contribution is 2.29. The smallest absolute Gasteiger partial charge is 0.216 e. The summed E-state index contributed by atoms with van der Waals surface area (Å²) in [6, 6.07) is 0. The molecule has 0 saturated heterocycles. The number of hydrogen-bond acceptors (Lipinski definition) is 1. The molecule has 0 atom stereocenters. The third kappa shape index (κ3) is 11.9. The van der Waals surface area contributed by atoms with Gasteiger partial charge in [-0.2, -0.15) is 0 Å². The van der Waals surface area contributed by atoms with Crippen molar-refractivity contribution in [1.29, 1.82) is 0 Å². The number of hydrogen-bond donors (Lipinski definition) is 1. The van der Waals surface area contributed by atoms with Gasteiger partial charge in [0.2, 0.25) is 5.91 Å². The van der Waals surface area contributed by atoms with Gasteiger partial charge in [0, 0.05) is 13.5 Å². The highest BCUT2D eigenvalue weighted by atomic mass is 16.1. The topological polar surface area (TPSA) is 29.1 Å². The van der Waals surface area contributed by atoms with Gasteiger partial charge < -0.3 is 5.32 Å². The summed E-state index contributed by atoms with van der Waals surface area (Å²) in [5, 5.41) is 2.84. The zero-order chi connectivity index (χ0) is 13.9. The van der Waals surface area contributed by atoms with Crippen LogP contribution >= 0.6 is 0 Å². The lowest BCUT2D eigenvalue weighted by atomic mass is 9.82. The molecule has 0 aromatic rings. The number of carbonyl (C=O) groups excluding carboxylic acids is 1. The molecule has 108 valence electrons. The Morgan fingerprint density at radius 3 is 2.11 bits per heavy atom. The Morgan fingerprint density at radius 2 is 1.50 bits per heavy atom. The number of rotatable bonds is 11. The van der Waals surface area contributed by atoms with Gasteiger partial charge in [-0.05, 0) is 24.7 Å². The van der Waals surface area contributed by atoms with Crippen molar-refractivity contribution in [3.8, 4) is 0 Å². The summed E-state index contributed by atoms with van der Waals surface area (Å²) in [6.45, 7) is 9.50. The second-order valence-electron chi connectivity index (χ2n) is 6.27. The van der Waals surface area contributed by atoms with Crippen LogP contribution in [-0.4, -0.2) is 12.5 Å². The standard InChI is InChI=1S/C16H33NO/c1-5-6-12-16(3,4)13-10-8-7-9-11-14-17-15(2)18/h5-14H2,1-4H3,(H,17,18). The summed E-state index contributed by atoms with van der Waals surface area (Å²) in [5.74, 6) is 0.0904. The van der Waals surface area contributed by atoms with E-state index in [1.165, 1.54) is 51.4 Å². The monoisotopic (exact) mass is 255 g/mol. The molecule has 1 N–H and O–H groups in total. The van der Waals surface area contributed by atoms with Crippen LogP contribution in [0, 0.1) is 5.41 Å². The van der Waals surface area contributed by atoms with Crippen LogP contribution in [-0.2, 0) is 4.79 Å². The first-order valence-corrected chi connectivity index (χ1v) is 7.72. The van der Waals surface area contributed by atoms with E-state index in [1.807, 2.05) is 0 Å². The fourth-order valence-corrected chi connectivity index (χ4v) is 2.30. The fourth-order valence-electron chi connectivity index (χ4n) is 2.30. The van der Waals surface area contributed by atoms with Gasteiger partial charge in [0.05, 0.1) is 0 Å². The Bertz CT molecular complexity index is 211. The summed E-state index contributed by atoms with van der Waals surface area (Å²) < 4.78 is 0. The van der Waals surface area contributed by atoms with Crippen molar-refractivity contribution < 1.29 is 4.79 Å². The van der Waals surface area contributed by atoms with Gasteiger partial charge in [0.15, 0.2) is 0 Å². The second kappa shape index (κ2) is 10.4. The average Bonchev–Trinajstić information content (AvgIpc) is 2.29. The molecule has 0 aliphatic heterocycles. The first-order valence-electron chi connectivity index (χ1n) is 7.72. The molecular formula is C16H33NO. The van der Waals surface area contributed by atoms with Gasteiger partial charge >= 0.3 is 0 Å². The van der Waals surface area contributed by atoms with Crippen molar-refractivity contribution in [2.75, 3.05) is 6.54 Å².